The fraction of sp³-hybridized carbons (Fsp3) is 0.804. The van der Waals surface area contributed by atoms with Gasteiger partial charge in [-0.1, -0.05) is 140 Å². The lowest BCUT2D eigenvalue weighted by atomic mass is 10.1. The normalized spacial score (nSPS) is 12.9. The van der Waals surface area contributed by atoms with E-state index < -0.39 is 0 Å². The third-order valence-electron chi connectivity index (χ3n) is 9.16. The SMILES string of the molecule is CCCCC/C=C\C/C=C\CCCCCCCCOCC(COC(=O)CCCCN(C)C)OCCCCCCCC/C=C\C/C=C\CCCCC. The first kappa shape index (κ1) is 49.3. The van der Waals surface area contributed by atoms with E-state index in [0.717, 1.165) is 51.7 Å². The van der Waals surface area contributed by atoms with Gasteiger partial charge in [0.05, 0.1) is 6.61 Å². The molecule has 5 heteroatoms. The van der Waals surface area contributed by atoms with Crippen LogP contribution in [-0.2, 0) is 19.0 Å². The van der Waals surface area contributed by atoms with E-state index in [-0.39, 0.29) is 12.1 Å². The van der Waals surface area contributed by atoms with Gasteiger partial charge in [0.25, 0.3) is 0 Å². The molecule has 0 spiro atoms. The summed E-state index contributed by atoms with van der Waals surface area (Å²) < 4.78 is 17.8. The lowest BCUT2D eigenvalue weighted by molar-refractivity contribution is -0.150. The molecule has 0 aromatic rings. The average molecular weight is 716 g/mol. The van der Waals surface area contributed by atoms with E-state index in [1.165, 1.54) is 128 Å². The van der Waals surface area contributed by atoms with Gasteiger partial charge in [0.15, 0.2) is 0 Å². The lowest BCUT2D eigenvalue weighted by Gasteiger charge is -2.18. The zero-order valence-corrected chi connectivity index (χ0v) is 34.4. The molecule has 0 saturated carbocycles. The zero-order valence-electron chi connectivity index (χ0n) is 34.4. The molecule has 1 atom stereocenters. The Kier molecular flexibility index (Phi) is 41.3. The largest absolute Gasteiger partial charge is 0.463 e. The van der Waals surface area contributed by atoms with Crippen molar-refractivity contribution in [3.8, 4) is 0 Å². The third kappa shape index (κ3) is 42.6. The van der Waals surface area contributed by atoms with Crippen LogP contribution in [0.15, 0.2) is 48.6 Å². The molecule has 0 heterocycles. The van der Waals surface area contributed by atoms with Crippen LogP contribution in [0, 0.1) is 0 Å². The highest BCUT2D eigenvalue weighted by Crippen LogP contribution is 2.11. The maximum atomic E-state index is 12.3. The molecule has 0 bridgehead atoms. The van der Waals surface area contributed by atoms with Gasteiger partial charge in [0.1, 0.15) is 12.7 Å². The number of carbonyl (C=O) groups is 1. The van der Waals surface area contributed by atoms with Gasteiger partial charge < -0.3 is 19.1 Å². The summed E-state index contributed by atoms with van der Waals surface area (Å²) in [5, 5.41) is 0. The number of carbonyl (C=O) groups excluding carboxylic acids is 1. The summed E-state index contributed by atoms with van der Waals surface area (Å²) >= 11 is 0. The van der Waals surface area contributed by atoms with E-state index in [1.807, 2.05) is 0 Å². The van der Waals surface area contributed by atoms with Crippen molar-refractivity contribution in [1.82, 2.24) is 4.90 Å². The van der Waals surface area contributed by atoms with E-state index in [4.69, 9.17) is 14.2 Å². The van der Waals surface area contributed by atoms with E-state index in [1.54, 1.807) is 0 Å². The second-order valence-electron chi connectivity index (χ2n) is 14.7. The second kappa shape index (κ2) is 42.7. The summed E-state index contributed by atoms with van der Waals surface area (Å²) in [5.74, 6) is -0.124. The topological polar surface area (TPSA) is 48.0 Å². The van der Waals surface area contributed by atoms with Crippen LogP contribution >= 0.6 is 0 Å². The summed E-state index contributed by atoms with van der Waals surface area (Å²) in [6.45, 7) is 7.75. The fourth-order valence-corrected chi connectivity index (χ4v) is 5.85. The number of ether oxygens (including phenoxy) is 3. The number of hydrogen-bond donors (Lipinski definition) is 0. The summed E-state index contributed by atoms with van der Waals surface area (Å²) in [6, 6.07) is 0. The van der Waals surface area contributed by atoms with Crippen molar-refractivity contribution in [1.29, 1.82) is 0 Å². The lowest BCUT2D eigenvalue weighted by Crippen LogP contribution is -2.28. The molecule has 0 saturated heterocycles. The summed E-state index contributed by atoms with van der Waals surface area (Å²) in [7, 11) is 4.12. The van der Waals surface area contributed by atoms with Crippen LogP contribution < -0.4 is 0 Å². The monoisotopic (exact) mass is 716 g/mol. The van der Waals surface area contributed by atoms with Crippen LogP contribution in [0.3, 0.4) is 0 Å². The number of nitrogens with zero attached hydrogens (tertiary/aromatic N) is 1. The maximum absolute atomic E-state index is 12.3. The Bertz CT molecular complexity index is 818. The van der Waals surface area contributed by atoms with Crippen molar-refractivity contribution in [2.24, 2.45) is 0 Å². The Hall–Kier alpha value is -1.69. The molecular weight excluding hydrogens is 631 g/mol. The second-order valence-corrected chi connectivity index (χ2v) is 14.7. The Balaban J connectivity index is 4.04. The van der Waals surface area contributed by atoms with Crippen molar-refractivity contribution < 1.29 is 19.0 Å². The van der Waals surface area contributed by atoms with Gasteiger partial charge in [0, 0.05) is 19.6 Å². The molecule has 0 amide bonds. The van der Waals surface area contributed by atoms with Gasteiger partial charge in [-0.15, -0.1) is 0 Å². The molecular formula is C46H85NO4. The van der Waals surface area contributed by atoms with Crippen LogP contribution in [0.2, 0.25) is 0 Å². The van der Waals surface area contributed by atoms with Crippen molar-refractivity contribution in [3.63, 3.8) is 0 Å². The molecule has 0 aromatic carbocycles. The molecule has 0 aliphatic carbocycles. The van der Waals surface area contributed by atoms with Crippen molar-refractivity contribution in [2.75, 3.05) is 47.1 Å². The molecule has 298 valence electrons. The van der Waals surface area contributed by atoms with Crippen LogP contribution in [0.4, 0.5) is 0 Å². The number of esters is 1. The van der Waals surface area contributed by atoms with Crippen molar-refractivity contribution in [3.05, 3.63) is 48.6 Å². The van der Waals surface area contributed by atoms with E-state index in [0.29, 0.717) is 26.2 Å². The van der Waals surface area contributed by atoms with Crippen molar-refractivity contribution in [2.45, 2.75) is 193 Å². The molecule has 0 aromatic heterocycles. The molecule has 0 rings (SSSR count). The number of allylic oxidation sites excluding steroid dienone is 8. The predicted molar refractivity (Wildman–Crippen MR) is 223 cm³/mol. The fourth-order valence-electron chi connectivity index (χ4n) is 5.85. The maximum Gasteiger partial charge on any atom is 0.305 e. The van der Waals surface area contributed by atoms with Crippen molar-refractivity contribution >= 4 is 5.97 Å². The quantitative estimate of drug-likeness (QED) is 0.0359. The average Bonchev–Trinajstić information content (AvgIpc) is 3.12. The van der Waals surface area contributed by atoms with E-state index in [2.05, 4.69) is 81.5 Å². The first-order valence-corrected chi connectivity index (χ1v) is 21.7. The van der Waals surface area contributed by atoms with Gasteiger partial charge in [-0.05, 0) is 111 Å². The van der Waals surface area contributed by atoms with Gasteiger partial charge in [-0.2, -0.15) is 0 Å². The Morgan fingerprint density at radius 1 is 0.510 bits per heavy atom. The molecule has 51 heavy (non-hydrogen) atoms. The summed E-state index contributed by atoms with van der Waals surface area (Å²) in [6.07, 6.45) is 50.5. The number of unbranched alkanes of at least 4 members (excludes halogenated alkanes) is 19. The zero-order chi connectivity index (χ0) is 37.1. The number of rotatable bonds is 40. The van der Waals surface area contributed by atoms with Gasteiger partial charge in [0.2, 0.25) is 0 Å². The molecule has 0 radical (unpaired) electrons. The van der Waals surface area contributed by atoms with Crippen LogP contribution in [0.1, 0.15) is 187 Å². The smallest absolute Gasteiger partial charge is 0.305 e. The Morgan fingerprint density at radius 3 is 1.45 bits per heavy atom. The Morgan fingerprint density at radius 2 is 0.961 bits per heavy atom. The first-order valence-electron chi connectivity index (χ1n) is 21.7. The van der Waals surface area contributed by atoms with Gasteiger partial charge in [-0.25, -0.2) is 0 Å². The highest BCUT2D eigenvalue weighted by atomic mass is 16.6. The minimum Gasteiger partial charge on any atom is -0.463 e. The van der Waals surface area contributed by atoms with Crippen LogP contribution in [0.25, 0.3) is 0 Å². The third-order valence-corrected chi connectivity index (χ3v) is 9.16. The minimum atomic E-state index is -0.182. The standard InChI is InChI=1S/C46H85NO4/c1-5-7-9-11-13-15-17-19-21-23-25-27-29-31-33-37-41-49-43-45(44-51-46(48)39-35-36-40-47(3)4)50-42-38-34-32-30-28-26-24-22-20-18-16-14-12-10-8-6-2/h13-16,19-22,45H,5-12,17-18,23-44H2,1-4H3/b15-13-,16-14-,21-19-,22-20-. The van der Waals surface area contributed by atoms with E-state index >= 15 is 0 Å². The molecule has 0 aliphatic rings. The molecule has 0 aliphatic heterocycles. The van der Waals surface area contributed by atoms with Gasteiger partial charge >= 0.3 is 5.97 Å². The molecule has 0 fully saturated rings. The summed E-state index contributed by atoms with van der Waals surface area (Å²) in [5.41, 5.74) is 0. The van der Waals surface area contributed by atoms with Crippen LogP contribution in [-0.4, -0.2) is 64.0 Å². The highest BCUT2D eigenvalue weighted by molar-refractivity contribution is 5.69. The molecule has 1 unspecified atom stereocenters. The van der Waals surface area contributed by atoms with E-state index in [9.17, 15) is 4.79 Å². The van der Waals surface area contributed by atoms with Crippen LogP contribution in [0.5, 0.6) is 0 Å². The predicted octanol–water partition coefficient (Wildman–Crippen LogP) is 13.3. The molecule has 0 N–H and O–H groups in total. The first-order chi connectivity index (χ1) is 25.1. The minimum absolute atomic E-state index is 0.124. The summed E-state index contributed by atoms with van der Waals surface area (Å²) in [4.78, 5) is 14.5. The Labute approximate surface area is 318 Å². The molecule has 5 nitrogen and oxygen atoms in total. The van der Waals surface area contributed by atoms with Gasteiger partial charge in [-0.3, -0.25) is 4.79 Å². The highest BCUT2D eigenvalue weighted by Gasteiger charge is 2.13. The number of hydrogen-bond acceptors (Lipinski definition) is 5.